The van der Waals surface area contributed by atoms with E-state index >= 15 is 0 Å². The van der Waals surface area contributed by atoms with Crippen LogP contribution >= 0.6 is 0 Å². The molecule has 5 heteroatoms. The maximum atomic E-state index is 13.1. The molecule has 0 aliphatic rings. The third-order valence-electron chi connectivity index (χ3n) is 2.79. The van der Waals surface area contributed by atoms with Crippen LogP contribution in [0.15, 0.2) is 29.4 Å². The number of rotatable bonds is 7. The molecule has 1 rings (SSSR count). The summed E-state index contributed by atoms with van der Waals surface area (Å²) in [5.74, 6) is 0.0337. The van der Waals surface area contributed by atoms with Crippen molar-refractivity contribution in [2.75, 3.05) is 18.0 Å². The number of hydrogen-bond acceptors (Lipinski definition) is 3. The minimum Gasteiger partial charge on any atom is -0.409 e. The first-order chi connectivity index (χ1) is 8.67. The van der Waals surface area contributed by atoms with Gasteiger partial charge in [-0.25, -0.2) is 4.39 Å². The Morgan fingerprint density at radius 2 is 2.22 bits per heavy atom. The van der Waals surface area contributed by atoms with Crippen LogP contribution in [0.5, 0.6) is 0 Å². The second-order valence-corrected chi connectivity index (χ2v) is 4.11. The summed E-state index contributed by atoms with van der Waals surface area (Å²) in [6.07, 6.45) is 2.35. The zero-order chi connectivity index (χ0) is 13.4. The molecular weight excluding hydrogens is 233 g/mol. The number of halogens is 1. The molecule has 3 N–H and O–H groups in total. The Morgan fingerprint density at radius 1 is 1.44 bits per heavy atom. The lowest BCUT2D eigenvalue weighted by molar-refractivity contribution is 0.316. The molecule has 0 fully saturated rings. The first-order valence-corrected chi connectivity index (χ1v) is 6.14. The normalized spacial score (nSPS) is 11.6. The molecule has 0 aliphatic carbocycles. The summed E-state index contributed by atoms with van der Waals surface area (Å²) in [5.41, 5.74) is 6.28. The van der Waals surface area contributed by atoms with Gasteiger partial charge in [0.2, 0.25) is 0 Å². The highest BCUT2D eigenvalue weighted by molar-refractivity contribution is 5.79. The van der Waals surface area contributed by atoms with Crippen LogP contribution in [0.25, 0.3) is 0 Å². The van der Waals surface area contributed by atoms with Crippen molar-refractivity contribution in [3.8, 4) is 0 Å². The number of anilines is 1. The topological polar surface area (TPSA) is 61.8 Å². The number of nitrogens with zero attached hydrogens (tertiary/aromatic N) is 2. The first kappa shape index (κ1) is 14.3. The van der Waals surface area contributed by atoms with Gasteiger partial charge in [0.05, 0.1) is 0 Å². The van der Waals surface area contributed by atoms with Crippen molar-refractivity contribution in [2.45, 2.75) is 26.2 Å². The Balaban J connectivity index is 2.43. The molecule has 0 unspecified atom stereocenters. The fourth-order valence-corrected chi connectivity index (χ4v) is 1.80. The molecule has 0 saturated heterocycles. The minimum absolute atomic E-state index is 0.220. The SMILES string of the molecule is CCN(CCCCC(N)=NO)c1cccc(F)c1. The number of hydrogen-bond donors (Lipinski definition) is 2. The molecule has 0 radical (unpaired) electrons. The van der Waals surface area contributed by atoms with E-state index in [1.165, 1.54) is 12.1 Å². The lowest BCUT2D eigenvalue weighted by atomic mass is 10.2. The van der Waals surface area contributed by atoms with Gasteiger partial charge < -0.3 is 15.8 Å². The third kappa shape index (κ3) is 4.61. The number of nitrogens with two attached hydrogens (primary N) is 1. The summed E-state index contributed by atoms with van der Waals surface area (Å²) >= 11 is 0. The molecule has 0 spiro atoms. The quantitative estimate of drug-likeness (QED) is 0.258. The molecule has 0 amide bonds. The van der Waals surface area contributed by atoms with Crippen molar-refractivity contribution >= 4 is 11.5 Å². The number of unbranched alkanes of at least 4 members (excludes halogenated alkanes) is 1. The van der Waals surface area contributed by atoms with Gasteiger partial charge in [-0.05, 0) is 38.0 Å². The van der Waals surface area contributed by atoms with E-state index in [4.69, 9.17) is 10.9 Å². The summed E-state index contributed by atoms with van der Waals surface area (Å²) in [4.78, 5) is 2.11. The van der Waals surface area contributed by atoms with Crippen LogP contribution in [0.1, 0.15) is 26.2 Å². The zero-order valence-corrected chi connectivity index (χ0v) is 10.6. The Morgan fingerprint density at radius 3 is 2.83 bits per heavy atom. The summed E-state index contributed by atoms with van der Waals surface area (Å²) in [5, 5.41) is 11.3. The highest BCUT2D eigenvalue weighted by Gasteiger charge is 2.05. The molecule has 0 atom stereocenters. The van der Waals surface area contributed by atoms with E-state index in [0.29, 0.717) is 6.42 Å². The van der Waals surface area contributed by atoms with Gasteiger partial charge in [-0.1, -0.05) is 11.2 Å². The predicted molar refractivity (Wildman–Crippen MR) is 71.5 cm³/mol. The number of benzene rings is 1. The summed E-state index contributed by atoms with van der Waals surface area (Å²) in [6.45, 7) is 3.69. The van der Waals surface area contributed by atoms with Crippen molar-refractivity contribution in [1.29, 1.82) is 0 Å². The average Bonchev–Trinajstić information content (AvgIpc) is 2.38. The average molecular weight is 253 g/mol. The standard InChI is InChI=1S/C13H20FN3O/c1-2-17(9-4-3-8-13(15)16-18)12-7-5-6-11(14)10-12/h5-7,10,18H,2-4,8-9H2,1H3,(H2,15,16). The molecule has 0 bridgehead atoms. The summed E-state index contributed by atoms with van der Waals surface area (Å²) in [6, 6.07) is 6.59. The van der Waals surface area contributed by atoms with Gasteiger partial charge in [-0.15, -0.1) is 0 Å². The Kier molecular flexibility index (Phi) is 5.97. The van der Waals surface area contributed by atoms with Crippen molar-refractivity contribution < 1.29 is 9.60 Å². The lowest BCUT2D eigenvalue weighted by Crippen LogP contribution is -2.24. The van der Waals surface area contributed by atoms with Crippen molar-refractivity contribution in [1.82, 2.24) is 0 Å². The Labute approximate surface area is 107 Å². The van der Waals surface area contributed by atoms with Crippen LogP contribution in [0.3, 0.4) is 0 Å². The highest BCUT2D eigenvalue weighted by Crippen LogP contribution is 2.16. The van der Waals surface area contributed by atoms with Crippen LogP contribution in [0.4, 0.5) is 10.1 Å². The fraction of sp³-hybridized carbons (Fsp3) is 0.462. The van der Waals surface area contributed by atoms with E-state index in [2.05, 4.69) is 10.1 Å². The molecule has 100 valence electrons. The van der Waals surface area contributed by atoms with Gasteiger partial charge in [0.25, 0.3) is 0 Å². The van der Waals surface area contributed by atoms with Gasteiger partial charge in [-0.3, -0.25) is 0 Å². The maximum absolute atomic E-state index is 13.1. The van der Waals surface area contributed by atoms with Gasteiger partial charge in [-0.2, -0.15) is 0 Å². The number of oxime groups is 1. The Bertz CT molecular complexity index is 396. The van der Waals surface area contributed by atoms with Gasteiger partial charge >= 0.3 is 0 Å². The molecule has 0 heterocycles. The second kappa shape index (κ2) is 7.53. The third-order valence-corrected chi connectivity index (χ3v) is 2.79. The molecule has 1 aromatic carbocycles. The molecule has 1 aromatic rings. The lowest BCUT2D eigenvalue weighted by Gasteiger charge is -2.23. The van der Waals surface area contributed by atoms with Crippen LogP contribution in [-0.2, 0) is 0 Å². The van der Waals surface area contributed by atoms with Crippen LogP contribution in [-0.4, -0.2) is 24.1 Å². The van der Waals surface area contributed by atoms with E-state index in [1.54, 1.807) is 6.07 Å². The fourth-order valence-electron chi connectivity index (χ4n) is 1.80. The summed E-state index contributed by atoms with van der Waals surface area (Å²) < 4.78 is 13.1. The van der Waals surface area contributed by atoms with Gasteiger partial charge in [0.1, 0.15) is 11.7 Å². The van der Waals surface area contributed by atoms with Crippen molar-refractivity contribution in [3.05, 3.63) is 30.1 Å². The highest BCUT2D eigenvalue weighted by atomic mass is 19.1. The van der Waals surface area contributed by atoms with E-state index in [9.17, 15) is 4.39 Å². The van der Waals surface area contributed by atoms with Crippen molar-refractivity contribution in [3.63, 3.8) is 0 Å². The monoisotopic (exact) mass is 253 g/mol. The Hall–Kier alpha value is -1.78. The smallest absolute Gasteiger partial charge is 0.139 e. The molecule has 18 heavy (non-hydrogen) atoms. The molecule has 4 nitrogen and oxygen atoms in total. The van der Waals surface area contributed by atoms with Gasteiger partial charge in [0.15, 0.2) is 0 Å². The predicted octanol–water partition coefficient (Wildman–Crippen LogP) is 2.57. The van der Waals surface area contributed by atoms with E-state index in [0.717, 1.165) is 31.6 Å². The molecule has 0 saturated carbocycles. The largest absolute Gasteiger partial charge is 0.409 e. The maximum Gasteiger partial charge on any atom is 0.139 e. The molecule has 0 aromatic heterocycles. The van der Waals surface area contributed by atoms with E-state index < -0.39 is 0 Å². The first-order valence-electron chi connectivity index (χ1n) is 6.14. The van der Waals surface area contributed by atoms with Crippen LogP contribution < -0.4 is 10.6 Å². The van der Waals surface area contributed by atoms with Crippen LogP contribution in [0, 0.1) is 5.82 Å². The second-order valence-electron chi connectivity index (χ2n) is 4.11. The van der Waals surface area contributed by atoms with E-state index in [1.807, 2.05) is 13.0 Å². The summed E-state index contributed by atoms with van der Waals surface area (Å²) in [7, 11) is 0. The number of amidine groups is 1. The van der Waals surface area contributed by atoms with Gasteiger partial charge in [0, 0.05) is 25.2 Å². The molecular formula is C13H20FN3O. The molecule has 0 aliphatic heterocycles. The van der Waals surface area contributed by atoms with E-state index in [-0.39, 0.29) is 11.7 Å². The zero-order valence-electron chi connectivity index (χ0n) is 10.6. The minimum atomic E-state index is -0.220. The van der Waals surface area contributed by atoms with Crippen molar-refractivity contribution in [2.24, 2.45) is 10.9 Å². The van der Waals surface area contributed by atoms with Crippen LogP contribution in [0.2, 0.25) is 0 Å².